The Morgan fingerprint density at radius 2 is 0.864 bits per heavy atom. The molecule has 17 heteroatoms. The van der Waals surface area contributed by atoms with Gasteiger partial charge < -0.3 is 37.7 Å². The van der Waals surface area contributed by atoms with Crippen LogP contribution in [0.2, 0.25) is 0 Å². The number of nitrogens with zero attached hydrogens (tertiary/aromatic N) is 6. The Balaban J connectivity index is 0.00000112. The number of carboxylic acid groups (broad SMARTS) is 2. The van der Waals surface area contributed by atoms with Crippen molar-refractivity contribution in [1.82, 2.24) is 19.9 Å². The van der Waals surface area contributed by atoms with Crippen molar-refractivity contribution >= 4 is 53.9 Å². The number of esters is 2. The number of rotatable bonds is 20. The second-order valence-corrected chi connectivity index (χ2v) is 12.7. The first-order valence-electron chi connectivity index (χ1n) is 18.7. The number of nitriles is 1. The van der Waals surface area contributed by atoms with Crippen molar-refractivity contribution in [2.75, 3.05) is 13.2 Å². The molecule has 0 amide bonds. The number of hydrogen-bond acceptors (Lipinski definition) is 13. The van der Waals surface area contributed by atoms with Gasteiger partial charge in [0.05, 0.1) is 58.2 Å². The van der Waals surface area contributed by atoms with E-state index in [0.717, 1.165) is 25.7 Å². The van der Waals surface area contributed by atoms with E-state index in [4.69, 9.17) is 30.4 Å². The first kappa shape index (κ1) is 53.6. The van der Waals surface area contributed by atoms with Crippen LogP contribution in [0.15, 0.2) is 73.3 Å². The number of aromatic nitrogens is 4. The van der Waals surface area contributed by atoms with Crippen molar-refractivity contribution in [3.63, 3.8) is 0 Å². The third kappa shape index (κ3) is 23.0. The topological polar surface area (TPSA) is 225 Å². The second kappa shape index (κ2) is 33.6. The third-order valence-electron chi connectivity index (χ3n) is 7.99. The first-order valence-corrected chi connectivity index (χ1v) is 19.6. The molecule has 0 atom stereocenters. The Morgan fingerprint density at radius 1 is 0.610 bits per heavy atom. The molecule has 0 saturated heterocycles. The molecule has 14 nitrogen and oxygen atoms in total. The number of thiocarbonyl (C=S) groups is 1. The zero-order valence-electron chi connectivity index (χ0n) is 33.0. The molecule has 2 N–H and O–H groups in total. The van der Waals surface area contributed by atoms with Gasteiger partial charge >= 0.3 is 43.4 Å². The Bertz CT molecular complexity index is 1830. The van der Waals surface area contributed by atoms with E-state index in [-0.39, 0.29) is 42.5 Å². The summed E-state index contributed by atoms with van der Waals surface area (Å²) < 4.78 is 10.8. The van der Waals surface area contributed by atoms with Gasteiger partial charge in [-0.2, -0.15) is 5.16 Å². The molecule has 0 aliphatic heterocycles. The summed E-state index contributed by atoms with van der Waals surface area (Å²) in [6, 6.07) is 12.0. The third-order valence-corrected chi connectivity index (χ3v) is 7.99. The van der Waals surface area contributed by atoms with Crippen LogP contribution < -0.4 is 0 Å². The van der Waals surface area contributed by atoms with Gasteiger partial charge in [0.25, 0.3) is 0 Å². The van der Waals surface area contributed by atoms with Gasteiger partial charge in [0.2, 0.25) is 0 Å². The zero-order chi connectivity index (χ0) is 43.0. The number of hydrogen-bond donors (Lipinski definition) is 2. The normalized spacial score (nSPS) is 9.51. The number of thiocyanates is 1. The average molecular weight is 930 g/mol. The van der Waals surface area contributed by atoms with Gasteiger partial charge in [0.1, 0.15) is 0 Å². The molecule has 0 fully saturated rings. The van der Waals surface area contributed by atoms with E-state index < -0.39 is 11.9 Å². The molecule has 4 heterocycles. The van der Waals surface area contributed by atoms with Crippen LogP contribution in [0.1, 0.15) is 132 Å². The van der Waals surface area contributed by atoms with Crippen LogP contribution >= 0.6 is 12.2 Å². The molecule has 0 aromatic carbocycles. The maximum atomic E-state index is 12.4. The van der Waals surface area contributed by atoms with Crippen molar-refractivity contribution in [3.05, 3.63) is 101 Å². The Labute approximate surface area is 368 Å². The molecule has 4 aromatic rings. The number of ether oxygens (including phenoxy) is 2. The number of isothiocyanates is 1. The largest absolute Gasteiger partial charge is 2.00 e. The van der Waals surface area contributed by atoms with Crippen LogP contribution in [0.4, 0.5) is 0 Å². The van der Waals surface area contributed by atoms with E-state index in [1.54, 1.807) is 36.7 Å². The molecule has 4 rings (SSSR count). The SMILES string of the molecule is CCCCCCCCOC(=O)c1ccnc(-c2cc(C(=O)OCCCCCCCC)ccn2)c1.N#C[S-].O=C(O)c1ccnc(-c2cc(C(=O)O)ccn2)c1.[N-]=C=S.[Ru+2]. The molecule has 0 saturated carbocycles. The minimum absolute atomic E-state index is 0. The van der Waals surface area contributed by atoms with Crippen LogP contribution in [-0.2, 0) is 41.6 Å². The molecule has 0 unspecified atom stereocenters. The van der Waals surface area contributed by atoms with E-state index in [1.165, 1.54) is 98.6 Å². The minimum Gasteiger partial charge on any atom is -0.753 e. The predicted octanol–water partition coefficient (Wildman–Crippen LogP) is 9.39. The predicted molar refractivity (Wildman–Crippen MR) is 225 cm³/mol. The molecule has 0 aliphatic carbocycles. The number of carboxylic acids is 2. The Hall–Kier alpha value is -5.39. The molecule has 0 bridgehead atoms. The Morgan fingerprint density at radius 3 is 1.15 bits per heavy atom. The van der Waals surface area contributed by atoms with Crippen molar-refractivity contribution in [2.45, 2.75) is 90.9 Å². The quantitative estimate of drug-likeness (QED) is 0.0160. The summed E-state index contributed by atoms with van der Waals surface area (Å²) in [5.74, 6) is -2.89. The molecule has 0 spiro atoms. The van der Waals surface area contributed by atoms with Gasteiger partial charge in [-0.05, 0) is 61.4 Å². The van der Waals surface area contributed by atoms with E-state index in [0.29, 0.717) is 47.1 Å². The monoisotopic (exact) mass is 930 g/mol. The van der Waals surface area contributed by atoms with Crippen LogP contribution in [0.3, 0.4) is 0 Å². The van der Waals surface area contributed by atoms with Gasteiger partial charge in [-0.15, -0.1) is 0 Å². The maximum absolute atomic E-state index is 12.4. The fourth-order valence-electron chi connectivity index (χ4n) is 5.06. The molecular formula is C42H48N6O8RuS2. The zero-order valence-corrected chi connectivity index (χ0v) is 36.4. The van der Waals surface area contributed by atoms with E-state index >= 15 is 0 Å². The summed E-state index contributed by atoms with van der Waals surface area (Å²) in [4.78, 5) is 63.1. The number of carbonyl (C=O) groups is 4. The van der Waals surface area contributed by atoms with E-state index in [9.17, 15) is 19.2 Å². The number of carbonyl (C=O) groups excluding carboxylic acids is 2. The van der Waals surface area contributed by atoms with Gasteiger partial charge in [-0.25, -0.2) is 24.4 Å². The fraction of sp³-hybridized carbons (Fsp3) is 0.381. The average Bonchev–Trinajstić information content (AvgIpc) is 3.24. The molecule has 59 heavy (non-hydrogen) atoms. The summed E-state index contributed by atoms with van der Waals surface area (Å²) in [5.41, 5.74) is 2.66. The second-order valence-electron chi connectivity index (χ2n) is 12.3. The molecule has 0 radical (unpaired) electrons. The van der Waals surface area contributed by atoms with Gasteiger partial charge in [0.15, 0.2) is 0 Å². The molecular weight excluding hydrogens is 882 g/mol. The molecule has 0 aliphatic rings. The van der Waals surface area contributed by atoms with Crippen molar-refractivity contribution in [2.24, 2.45) is 0 Å². The van der Waals surface area contributed by atoms with Gasteiger partial charge in [-0.1, -0.05) is 95.7 Å². The van der Waals surface area contributed by atoms with Crippen molar-refractivity contribution in [1.29, 1.82) is 5.26 Å². The summed E-state index contributed by atoms with van der Waals surface area (Å²) in [5, 5.41) is 34.6. The van der Waals surface area contributed by atoms with Gasteiger partial charge in [-0.3, -0.25) is 19.9 Å². The smallest absolute Gasteiger partial charge is 0.753 e. The fourth-order valence-corrected chi connectivity index (χ4v) is 5.06. The molecule has 4 aromatic heterocycles. The van der Waals surface area contributed by atoms with E-state index in [2.05, 4.69) is 58.6 Å². The number of aromatic carboxylic acids is 2. The maximum Gasteiger partial charge on any atom is 2.00 e. The summed E-state index contributed by atoms with van der Waals surface area (Å²) in [6.45, 7) is 5.22. The first-order chi connectivity index (χ1) is 28.1. The standard InChI is InChI=1S/C28H40N2O4.C12H8N2O4.CHNS.CNS.Ru/c1-3-5-7-9-11-13-19-33-27(31)23-15-17-29-25(21-23)26-22-24(16-18-30-26)28(32)34-20-14-12-10-8-6-4-2;15-11(16)7-1-3-13-9(5-7)10-6-8(12(17)18)2-4-14-10;2*2-1-3;/h15-18,21-22H,3-14,19-20H2,1-2H3;1-6H,(H,15,16)(H,17,18);3H;;/q;;;-1;+2/p-1. The van der Waals surface area contributed by atoms with Gasteiger partial charge in [0, 0.05) is 24.8 Å². The summed E-state index contributed by atoms with van der Waals surface area (Å²) >= 11 is 7.40. The minimum atomic E-state index is -1.08. The van der Waals surface area contributed by atoms with Crippen LogP contribution in [0.5, 0.6) is 0 Å². The van der Waals surface area contributed by atoms with Crippen molar-refractivity contribution in [3.8, 4) is 28.2 Å². The van der Waals surface area contributed by atoms with Crippen LogP contribution in [-0.4, -0.2) is 72.4 Å². The van der Waals surface area contributed by atoms with Crippen LogP contribution in [0.25, 0.3) is 28.2 Å². The summed E-state index contributed by atoms with van der Waals surface area (Å²) in [7, 11) is 0. The number of pyridine rings is 4. The van der Waals surface area contributed by atoms with Crippen LogP contribution in [0, 0.1) is 10.7 Å². The Kier molecular flexibility index (Phi) is 30.5. The summed E-state index contributed by atoms with van der Waals surface area (Å²) in [6.07, 6.45) is 19.4. The molecule has 314 valence electrons. The van der Waals surface area contributed by atoms with E-state index in [1.807, 2.05) is 0 Å². The van der Waals surface area contributed by atoms with Crippen molar-refractivity contribution < 1.29 is 58.3 Å². The number of unbranched alkanes of at least 4 members (excludes halogenated alkanes) is 10.